The monoisotopic (exact) mass is 365 g/mol. The van der Waals surface area contributed by atoms with Gasteiger partial charge in [-0.25, -0.2) is 0 Å². The van der Waals surface area contributed by atoms with Gasteiger partial charge in [0.05, 0.1) is 0 Å². The molecule has 1 unspecified atom stereocenters. The first kappa shape index (κ1) is 16.7. The summed E-state index contributed by atoms with van der Waals surface area (Å²) < 4.78 is 1.18. The van der Waals surface area contributed by atoms with Gasteiger partial charge in [-0.3, -0.25) is 0 Å². The second kappa shape index (κ2) is 7.57. The van der Waals surface area contributed by atoms with Gasteiger partial charge in [0.25, 0.3) is 0 Å². The zero-order chi connectivity index (χ0) is 15.4. The maximum atomic E-state index is 3.68. The molecule has 0 bridgehead atoms. The Labute approximate surface area is 140 Å². The SMILES string of the molecule is CCCNC(c1ccc(-c2cccc(Br)c2C)s1)C(C)C. The van der Waals surface area contributed by atoms with E-state index in [0.717, 1.165) is 6.54 Å². The third kappa shape index (κ3) is 3.97. The lowest BCUT2D eigenvalue weighted by molar-refractivity contribution is 0.418. The average Bonchev–Trinajstić information content (AvgIpc) is 2.91. The normalized spacial score (nSPS) is 12.9. The Morgan fingerprint density at radius 3 is 2.62 bits per heavy atom. The zero-order valence-corrected chi connectivity index (χ0v) is 15.6. The van der Waals surface area contributed by atoms with E-state index in [4.69, 9.17) is 0 Å². The fourth-order valence-electron chi connectivity index (χ4n) is 2.50. The highest BCUT2D eigenvalue weighted by Crippen LogP contribution is 2.37. The van der Waals surface area contributed by atoms with E-state index in [2.05, 4.69) is 79.3 Å². The van der Waals surface area contributed by atoms with Crippen molar-refractivity contribution in [1.82, 2.24) is 5.32 Å². The predicted octanol–water partition coefficient (Wildman–Crippen LogP) is 6.18. The summed E-state index contributed by atoms with van der Waals surface area (Å²) in [6.45, 7) is 10.0. The molecule has 3 heteroatoms. The molecule has 0 aliphatic carbocycles. The van der Waals surface area contributed by atoms with Crippen LogP contribution in [0.3, 0.4) is 0 Å². The Morgan fingerprint density at radius 2 is 1.95 bits per heavy atom. The van der Waals surface area contributed by atoms with Crippen molar-refractivity contribution in [2.24, 2.45) is 5.92 Å². The standard InChI is InChI=1S/C18H24BrNS/c1-5-11-20-18(12(2)3)17-10-9-16(21-17)14-7-6-8-15(19)13(14)4/h6-10,12,18,20H,5,11H2,1-4H3. The molecule has 1 aromatic heterocycles. The van der Waals surface area contributed by atoms with Crippen molar-refractivity contribution < 1.29 is 0 Å². The largest absolute Gasteiger partial charge is 0.309 e. The molecule has 2 rings (SSSR count). The van der Waals surface area contributed by atoms with E-state index in [-0.39, 0.29) is 0 Å². The van der Waals surface area contributed by atoms with Gasteiger partial charge < -0.3 is 5.32 Å². The van der Waals surface area contributed by atoms with Gasteiger partial charge >= 0.3 is 0 Å². The van der Waals surface area contributed by atoms with E-state index in [1.807, 2.05) is 11.3 Å². The van der Waals surface area contributed by atoms with Crippen LogP contribution in [0.15, 0.2) is 34.8 Å². The minimum atomic E-state index is 0.455. The summed E-state index contributed by atoms with van der Waals surface area (Å²) in [5, 5.41) is 3.68. The van der Waals surface area contributed by atoms with Crippen LogP contribution in [0, 0.1) is 12.8 Å². The van der Waals surface area contributed by atoms with Crippen LogP contribution >= 0.6 is 27.3 Å². The summed E-state index contributed by atoms with van der Waals surface area (Å²) in [5.74, 6) is 0.603. The van der Waals surface area contributed by atoms with Crippen molar-refractivity contribution in [3.8, 4) is 10.4 Å². The van der Waals surface area contributed by atoms with Crippen LogP contribution in [0.25, 0.3) is 10.4 Å². The number of hydrogen-bond acceptors (Lipinski definition) is 2. The van der Waals surface area contributed by atoms with Crippen molar-refractivity contribution in [1.29, 1.82) is 0 Å². The van der Waals surface area contributed by atoms with Crippen LogP contribution in [-0.4, -0.2) is 6.54 Å². The number of rotatable bonds is 6. The summed E-state index contributed by atoms with van der Waals surface area (Å²) in [6, 6.07) is 11.4. The minimum Gasteiger partial charge on any atom is -0.309 e. The molecule has 1 nitrogen and oxygen atoms in total. The Balaban J connectivity index is 2.29. The van der Waals surface area contributed by atoms with E-state index in [0.29, 0.717) is 12.0 Å². The van der Waals surface area contributed by atoms with E-state index in [1.165, 1.54) is 31.8 Å². The Morgan fingerprint density at radius 1 is 1.19 bits per heavy atom. The lowest BCUT2D eigenvalue weighted by Crippen LogP contribution is -2.25. The van der Waals surface area contributed by atoms with Gasteiger partial charge in [-0.05, 0) is 55.1 Å². The van der Waals surface area contributed by atoms with E-state index in [9.17, 15) is 0 Å². The first-order valence-corrected chi connectivity index (χ1v) is 9.24. The predicted molar refractivity (Wildman–Crippen MR) is 98.1 cm³/mol. The molecule has 0 aliphatic heterocycles. The number of nitrogens with one attached hydrogen (secondary N) is 1. The second-order valence-corrected chi connectivity index (χ2v) is 7.76. The molecule has 0 amide bonds. The van der Waals surface area contributed by atoms with Crippen LogP contribution in [0.5, 0.6) is 0 Å². The number of thiophene rings is 1. The quantitative estimate of drug-likeness (QED) is 0.643. The molecule has 1 atom stereocenters. The summed E-state index contributed by atoms with van der Waals surface area (Å²) in [4.78, 5) is 2.79. The lowest BCUT2D eigenvalue weighted by Gasteiger charge is -2.21. The molecule has 114 valence electrons. The molecule has 21 heavy (non-hydrogen) atoms. The van der Waals surface area contributed by atoms with Crippen molar-refractivity contribution in [2.45, 2.75) is 40.2 Å². The topological polar surface area (TPSA) is 12.0 Å². The van der Waals surface area contributed by atoms with Gasteiger partial charge in [0.1, 0.15) is 0 Å². The summed E-state index contributed by atoms with van der Waals surface area (Å²) in [7, 11) is 0. The summed E-state index contributed by atoms with van der Waals surface area (Å²) in [5.41, 5.74) is 2.65. The molecule has 2 aromatic rings. The van der Waals surface area contributed by atoms with Gasteiger partial charge in [-0.15, -0.1) is 11.3 Å². The van der Waals surface area contributed by atoms with Gasteiger partial charge in [0.15, 0.2) is 0 Å². The number of benzene rings is 1. The molecule has 1 N–H and O–H groups in total. The molecular weight excluding hydrogens is 342 g/mol. The average molecular weight is 366 g/mol. The van der Waals surface area contributed by atoms with E-state index < -0.39 is 0 Å². The van der Waals surface area contributed by atoms with Gasteiger partial charge in [0, 0.05) is 20.3 Å². The third-order valence-electron chi connectivity index (χ3n) is 3.75. The van der Waals surface area contributed by atoms with Crippen molar-refractivity contribution in [3.05, 3.63) is 45.2 Å². The van der Waals surface area contributed by atoms with Crippen LogP contribution in [0.2, 0.25) is 0 Å². The van der Waals surface area contributed by atoms with Crippen LogP contribution in [-0.2, 0) is 0 Å². The maximum absolute atomic E-state index is 3.68. The molecular formula is C18H24BrNS. The smallest absolute Gasteiger partial charge is 0.0438 e. The molecule has 0 fully saturated rings. The number of hydrogen-bond donors (Lipinski definition) is 1. The molecule has 0 spiro atoms. The third-order valence-corrected chi connectivity index (χ3v) is 5.81. The van der Waals surface area contributed by atoms with Gasteiger partial charge in [-0.1, -0.05) is 48.8 Å². The van der Waals surface area contributed by atoms with Crippen LogP contribution in [0.1, 0.15) is 43.7 Å². The molecule has 0 radical (unpaired) electrons. The molecule has 0 saturated heterocycles. The van der Waals surface area contributed by atoms with Crippen molar-refractivity contribution in [3.63, 3.8) is 0 Å². The fraction of sp³-hybridized carbons (Fsp3) is 0.444. The highest BCUT2D eigenvalue weighted by Gasteiger charge is 2.18. The molecule has 1 aromatic carbocycles. The highest BCUT2D eigenvalue weighted by atomic mass is 79.9. The minimum absolute atomic E-state index is 0.455. The summed E-state index contributed by atoms with van der Waals surface area (Å²) in [6.07, 6.45) is 1.17. The van der Waals surface area contributed by atoms with Crippen LogP contribution < -0.4 is 5.32 Å². The molecule has 1 heterocycles. The van der Waals surface area contributed by atoms with E-state index in [1.54, 1.807) is 0 Å². The highest BCUT2D eigenvalue weighted by molar-refractivity contribution is 9.10. The van der Waals surface area contributed by atoms with Gasteiger partial charge in [0.2, 0.25) is 0 Å². The molecule has 0 saturated carbocycles. The zero-order valence-electron chi connectivity index (χ0n) is 13.2. The fourth-order valence-corrected chi connectivity index (χ4v) is 4.21. The van der Waals surface area contributed by atoms with Crippen molar-refractivity contribution in [2.75, 3.05) is 6.54 Å². The first-order chi connectivity index (χ1) is 10.0. The Hall–Kier alpha value is -0.640. The summed E-state index contributed by atoms with van der Waals surface area (Å²) >= 11 is 5.54. The molecule has 0 aliphatic rings. The van der Waals surface area contributed by atoms with E-state index >= 15 is 0 Å². The Kier molecular flexibility index (Phi) is 6.03. The maximum Gasteiger partial charge on any atom is 0.0438 e. The Bertz CT molecular complexity index is 589. The first-order valence-electron chi connectivity index (χ1n) is 7.63. The number of halogens is 1. The van der Waals surface area contributed by atoms with Gasteiger partial charge in [-0.2, -0.15) is 0 Å². The second-order valence-electron chi connectivity index (χ2n) is 5.79. The lowest BCUT2D eigenvalue weighted by atomic mass is 10.0. The van der Waals surface area contributed by atoms with Crippen molar-refractivity contribution >= 4 is 27.3 Å². The van der Waals surface area contributed by atoms with Crippen LogP contribution in [0.4, 0.5) is 0 Å².